The van der Waals surface area contributed by atoms with Crippen LogP contribution in [0.5, 0.6) is 0 Å². The molecule has 188 valence electrons. The highest BCUT2D eigenvalue weighted by atomic mass is 14.8. The van der Waals surface area contributed by atoms with Crippen LogP contribution in [-0.2, 0) is 0 Å². The van der Waals surface area contributed by atoms with E-state index in [9.17, 15) is 0 Å². The van der Waals surface area contributed by atoms with Gasteiger partial charge in [-0.2, -0.15) is 0 Å². The zero-order chi connectivity index (χ0) is 26.8. The molecule has 0 spiro atoms. The summed E-state index contributed by atoms with van der Waals surface area (Å²) in [6, 6.07) is 41.5. The molecule has 40 heavy (non-hydrogen) atoms. The minimum Gasteiger partial charge on any atom is -0.254 e. The van der Waals surface area contributed by atoms with Crippen LogP contribution in [0.3, 0.4) is 0 Å². The van der Waals surface area contributed by atoms with Crippen LogP contribution in [0.15, 0.2) is 121 Å². The summed E-state index contributed by atoms with van der Waals surface area (Å²) in [6.45, 7) is 4.36. The number of aryl methyl sites for hydroxylation is 2. The lowest BCUT2D eigenvalue weighted by Gasteiger charge is -2.16. The van der Waals surface area contributed by atoms with Crippen molar-refractivity contribution in [2.24, 2.45) is 0 Å². The smallest absolute Gasteiger partial charge is 0.0974 e. The van der Waals surface area contributed by atoms with Crippen molar-refractivity contribution in [1.29, 1.82) is 0 Å². The zero-order valence-corrected chi connectivity index (χ0v) is 22.4. The highest BCUT2D eigenvalue weighted by Gasteiger charge is 2.16. The minimum atomic E-state index is 0.963. The first-order valence-electron chi connectivity index (χ1n) is 13.8. The molecule has 6 aromatic carbocycles. The molecule has 0 aliphatic heterocycles. The molecule has 0 bridgehead atoms. The van der Waals surface area contributed by atoms with E-state index in [0.29, 0.717) is 0 Å². The second-order valence-corrected chi connectivity index (χ2v) is 10.6. The molecular formula is C38H26N2. The fourth-order valence-corrected chi connectivity index (χ4v) is 6.43. The van der Waals surface area contributed by atoms with Crippen molar-refractivity contribution in [2.45, 2.75) is 13.8 Å². The Kier molecular flexibility index (Phi) is 4.99. The molecule has 2 heteroatoms. The molecule has 0 amide bonds. The minimum absolute atomic E-state index is 0.963. The largest absolute Gasteiger partial charge is 0.254 e. The van der Waals surface area contributed by atoms with Crippen LogP contribution in [-0.4, -0.2) is 9.97 Å². The number of hydrogen-bond donors (Lipinski definition) is 0. The molecule has 0 saturated carbocycles. The van der Waals surface area contributed by atoms with Crippen molar-refractivity contribution < 1.29 is 0 Å². The molecule has 0 aliphatic carbocycles. The maximum absolute atomic E-state index is 5.26. The van der Waals surface area contributed by atoms with Gasteiger partial charge in [-0.05, 0) is 86.6 Å². The van der Waals surface area contributed by atoms with E-state index >= 15 is 0 Å². The lowest BCUT2D eigenvalue weighted by Crippen LogP contribution is -1.95. The first-order chi connectivity index (χ1) is 19.7. The first kappa shape index (κ1) is 22.9. The molecule has 2 aromatic heterocycles. The number of benzene rings is 6. The van der Waals surface area contributed by atoms with Crippen molar-refractivity contribution >= 4 is 54.1 Å². The summed E-state index contributed by atoms with van der Waals surface area (Å²) in [5.74, 6) is 0. The van der Waals surface area contributed by atoms with Crippen LogP contribution in [0.2, 0.25) is 0 Å². The molecule has 0 saturated heterocycles. The Morgan fingerprint density at radius 2 is 1.00 bits per heavy atom. The van der Waals surface area contributed by atoms with Crippen molar-refractivity contribution in [3.8, 4) is 22.4 Å². The molecule has 2 nitrogen and oxygen atoms in total. The van der Waals surface area contributed by atoms with Gasteiger partial charge in [-0.15, -0.1) is 0 Å². The van der Waals surface area contributed by atoms with Crippen molar-refractivity contribution in [3.05, 3.63) is 133 Å². The summed E-state index contributed by atoms with van der Waals surface area (Å²) in [4.78, 5) is 10.0. The van der Waals surface area contributed by atoms with Crippen LogP contribution in [0.4, 0.5) is 0 Å². The van der Waals surface area contributed by atoms with Crippen molar-refractivity contribution in [2.75, 3.05) is 0 Å². The number of fused-ring (bicyclic) bond motifs is 7. The van der Waals surface area contributed by atoms with Gasteiger partial charge in [0.05, 0.1) is 16.7 Å². The molecule has 8 aromatic rings. The molecule has 0 fully saturated rings. The fourth-order valence-electron chi connectivity index (χ4n) is 6.43. The van der Waals surface area contributed by atoms with Crippen LogP contribution >= 0.6 is 0 Å². The van der Waals surface area contributed by atoms with Crippen molar-refractivity contribution in [3.63, 3.8) is 0 Å². The standard InChI is InChI=1S/C38H26N2/c1-23-24(2)27-19-20-36(40-38(27)37-26(23)16-9-21-39-37)34-18-17-33(30-13-6-7-14-31(30)34)35-22-25-10-3-4-11-28(25)29-12-5-8-15-32(29)35/h3-22H,1-2H3. The van der Waals surface area contributed by atoms with Crippen LogP contribution in [0, 0.1) is 13.8 Å². The monoisotopic (exact) mass is 510 g/mol. The number of pyridine rings is 2. The van der Waals surface area contributed by atoms with Gasteiger partial charge in [0.2, 0.25) is 0 Å². The van der Waals surface area contributed by atoms with E-state index in [1.807, 2.05) is 12.3 Å². The van der Waals surface area contributed by atoms with Crippen LogP contribution < -0.4 is 0 Å². The van der Waals surface area contributed by atoms with E-state index in [0.717, 1.165) is 27.7 Å². The summed E-state index contributed by atoms with van der Waals surface area (Å²) in [7, 11) is 0. The number of rotatable bonds is 2. The number of nitrogens with zero attached hydrogens (tertiary/aromatic N) is 2. The van der Waals surface area contributed by atoms with Gasteiger partial charge in [-0.3, -0.25) is 4.98 Å². The van der Waals surface area contributed by atoms with Gasteiger partial charge >= 0.3 is 0 Å². The third-order valence-corrected chi connectivity index (χ3v) is 8.56. The summed E-state index contributed by atoms with van der Waals surface area (Å²) < 4.78 is 0. The molecule has 0 radical (unpaired) electrons. The van der Waals surface area contributed by atoms with E-state index in [2.05, 4.69) is 123 Å². The Hall–Kier alpha value is -5.08. The predicted octanol–water partition coefficient (Wildman–Crippen LogP) is 10.2. The maximum Gasteiger partial charge on any atom is 0.0974 e. The lowest BCUT2D eigenvalue weighted by molar-refractivity contribution is 1.33. The predicted molar refractivity (Wildman–Crippen MR) is 170 cm³/mol. The summed E-state index contributed by atoms with van der Waals surface area (Å²) in [5, 5.41) is 9.85. The average molecular weight is 511 g/mol. The Morgan fingerprint density at radius 1 is 0.425 bits per heavy atom. The number of aromatic nitrogens is 2. The van der Waals surface area contributed by atoms with E-state index < -0.39 is 0 Å². The Labute approximate surface area is 232 Å². The van der Waals surface area contributed by atoms with Gasteiger partial charge in [0.15, 0.2) is 0 Å². The number of hydrogen-bond acceptors (Lipinski definition) is 2. The molecular weight excluding hydrogens is 484 g/mol. The highest BCUT2D eigenvalue weighted by molar-refractivity contribution is 6.17. The lowest BCUT2D eigenvalue weighted by atomic mass is 9.89. The zero-order valence-electron chi connectivity index (χ0n) is 22.4. The summed E-state index contributed by atoms with van der Waals surface area (Å²) >= 11 is 0. The molecule has 0 atom stereocenters. The first-order valence-corrected chi connectivity index (χ1v) is 13.8. The van der Waals surface area contributed by atoms with E-state index in [1.54, 1.807) is 0 Å². The van der Waals surface area contributed by atoms with Gasteiger partial charge in [0, 0.05) is 22.5 Å². The van der Waals surface area contributed by atoms with Gasteiger partial charge in [-0.25, -0.2) is 4.98 Å². The third kappa shape index (κ3) is 3.29. The van der Waals surface area contributed by atoms with Gasteiger partial charge in [0.1, 0.15) is 0 Å². The molecule has 0 unspecified atom stereocenters. The second kappa shape index (κ2) is 8.72. The van der Waals surface area contributed by atoms with Gasteiger partial charge in [0.25, 0.3) is 0 Å². The normalized spacial score (nSPS) is 11.8. The van der Waals surface area contributed by atoms with E-state index in [4.69, 9.17) is 9.97 Å². The molecule has 0 N–H and O–H groups in total. The topological polar surface area (TPSA) is 25.8 Å². The second-order valence-electron chi connectivity index (χ2n) is 10.6. The van der Waals surface area contributed by atoms with E-state index in [-0.39, 0.29) is 0 Å². The van der Waals surface area contributed by atoms with Crippen LogP contribution in [0.25, 0.3) is 76.5 Å². The Bertz CT molecular complexity index is 2300. The van der Waals surface area contributed by atoms with Crippen LogP contribution in [0.1, 0.15) is 11.1 Å². The molecule has 2 heterocycles. The molecule has 8 rings (SSSR count). The van der Waals surface area contributed by atoms with E-state index in [1.165, 1.54) is 60.0 Å². The average Bonchev–Trinajstić information content (AvgIpc) is 3.02. The summed E-state index contributed by atoms with van der Waals surface area (Å²) in [5.41, 5.74) is 9.05. The summed E-state index contributed by atoms with van der Waals surface area (Å²) in [6.07, 6.45) is 1.86. The van der Waals surface area contributed by atoms with Gasteiger partial charge in [-0.1, -0.05) is 97.1 Å². The quantitative estimate of drug-likeness (QED) is 0.216. The third-order valence-electron chi connectivity index (χ3n) is 8.56. The Balaban J connectivity index is 1.40. The Morgan fingerprint density at radius 3 is 1.77 bits per heavy atom. The highest BCUT2D eigenvalue weighted by Crippen LogP contribution is 2.41. The van der Waals surface area contributed by atoms with Crippen molar-refractivity contribution in [1.82, 2.24) is 9.97 Å². The fraction of sp³-hybridized carbons (Fsp3) is 0.0526. The maximum atomic E-state index is 5.26. The molecule has 0 aliphatic rings. The van der Waals surface area contributed by atoms with Gasteiger partial charge < -0.3 is 0 Å². The SMILES string of the molecule is Cc1c(C)c2ccc(-c3ccc(-c4cc5ccccc5c5ccccc45)c4ccccc34)nc2c2ncccc12.